The summed E-state index contributed by atoms with van der Waals surface area (Å²) >= 11 is 0. The number of Topliss-reactive ketones (excluding diaryl/α,β-unsaturated/α-hetero) is 2. The van der Waals surface area contributed by atoms with Crippen LogP contribution in [-0.4, -0.2) is 18.1 Å². The topological polar surface area (TPSA) is 37.4 Å². The fourth-order valence-electron chi connectivity index (χ4n) is 4.25. The van der Waals surface area contributed by atoms with Crippen LogP contribution < -0.4 is 4.90 Å². The summed E-state index contributed by atoms with van der Waals surface area (Å²) in [5.41, 5.74) is 2.78. The fourth-order valence-corrected chi connectivity index (χ4v) is 4.25. The Morgan fingerprint density at radius 1 is 0.939 bits per heavy atom. The van der Waals surface area contributed by atoms with E-state index in [0.717, 1.165) is 37.2 Å². The predicted octanol–water partition coefficient (Wildman–Crippen LogP) is 7.24. The third-order valence-electron chi connectivity index (χ3n) is 6.29. The van der Waals surface area contributed by atoms with Crippen molar-refractivity contribution in [3.8, 4) is 0 Å². The van der Waals surface area contributed by atoms with Gasteiger partial charge in [0.1, 0.15) is 5.78 Å². The molecule has 0 spiro atoms. The number of carbonyl (C=O) groups is 2. The maximum atomic E-state index is 13.4. The number of likely N-dealkylation sites (N-methyl/N-ethyl adjacent to an activating group) is 1. The standard InChI is InChI=1S/C28H33NO2.C2H6/c1-4-21(19-20-23(5-2)29(6-3)24-15-8-7-9-16-24)27(30)25-17-10-11-18-26(25)28(31)22-13-12-14-22;1-2/h4-5,7-11,15-20,22,25-26H,6,12-14H2,1-3H3;1-2H3/b20-19-,21-4-,23-5+;. The second-order valence-corrected chi connectivity index (χ2v) is 8.09. The zero-order chi connectivity index (χ0) is 24.2. The van der Waals surface area contributed by atoms with E-state index in [1.54, 1.807) is 0 Å². The number of para-hydroxylation sites is 1. The van der Waals surface area contributed by atoms with Gasteiger partial charge in [0, 0.05) is 35.3 Å². The lowest BCUT2D eigenvalue weighted by Crippen LogP contribution is -2.35. The van der Waals surface area contributed by atoms with E-state index >= 15 is 0 Å². The van der Waals surface area contributed by atoms with Crippen molar-refractivity contribution in [2.24, 2.45) is 17.8 Å². The van der Waals surface area contributed by atoms with Crippen LogP contribution >= 0.6 is 0 Å². The minimum Gasteiger partial charge on any atom is -0.342 e. The van der Waals surface area contributed by atoms with E-state index in [1.807, 2.05) is 88.4 Å². The summed E-state index contributed by atoms with van der Waals surface area (Å²) in [7, 11) is 0. The SMILES string of the molecule is C/C=C(/C=C\C(=C/C)N(CC)c1ccccc1)C(=O)C1C=CC=CC1C(=O)C1CCC1.CC. The smallest absolute Gasteiger partial charge is 0.170 e. The van der Waals surface area contributed by atoms with Gasteiger partial charge < -0.3 is 4.90 Å². The summed E-state index contributed by atoms with van der Waals surface area (Å²) in [5.74, 6) is -0.405. The van der Waals surface area contributed by atoms with E-state index in [2.05, 4.69) is 30.0 Å². The molecule has 2 unspecified atom stereocenters. The molecule has 3 nitrogen and oxygen atoms in total. The van der Waals surface area contributed by atoms with Crippen molar-refractivity contribution in [3.05, 3.63) is 90.2 Å². The zero-order valence-corrected chi connectivity index (χ0v) is 20.8. The lowest BCUT2D eigenvalue weighted by Gasteiger charge is -2.30. The Morgan fingerprint density at radius 2 is 1.58 bits per heavy atom. The van der Waals surface area contributed by atoms with Gasteiger partial charge in [0.25, 0.3) is 0 Å². The minimum absolute atomic E-state index is 0.00948. The van der Waals surface area contributed by atoms with Gasteiger partial charge in [0.2, 0.25) is 0 Å². The normalized spacial score (nSPS) is 20.8. The summed E-state index contributed by atoms with van der Waals surface area (Å²) in [5, 5.41) is 0. The van der Waals surface area contributed by atoms with Gasteiger partial charge in [-0.1, -0.05) is 74.9 Å². The van der Waals surface area contributed by atoms with Crippen LogP contribution in [0.25, 0.3) is 0 Å². The first-order valence-corrected chi connectivity index (χ1v) is 12.4. The van der Waals surface area contributed by atoms with E-state index in [4.69, 9.17) is 0 Å². The molecule has 1 aromatic rings. The largest absolute Gasteiger partial charge is 0.342 e. The van der Waals surface area contributed by atoms with Crippen LogP contribution in [0.3, 0.4) is 0 Å². The molecule has 1 fully saturated rings. The molecule has 33 heavy (non-hydrogen) atoms. The number of hydrogen-bond acceptors (Lipinski definition) is 3. The molecule has 0 bridgehead atoms. The van der Waals surface area contributed by atoms with Gasteiger partial charge in [-0.3, -0.25) is 9.59 Å². The molecule has 2 atom stereocenters. The van der Waals surface area contributed by atoms with Crippen LogP contribution in [0.4, 0.5) is 5.69 Å². The van der Waals surface area contributed by atoms with Crippen LogP contribution in [0.15, 0.2) is 90.2 Å². The third-order valence-corrected chi connectivity index (χ3v) is 6.29. The number of rotatable bonds is 9. The van der Waals surface area contributed by atoms with Gasteiger partial charge in [-0.25, -0.2) is 0 Å². The van der Waals surface area contributed by atoms with Gasteiger partial charge in [-0.2, -0.15) is 0 Å². The van der Waals surface area contributed by atoms with Gasteiger partial charge in [0.15, 0.2) is 5.78 Å². The number of benzene rings is 1. The molecule has 1 aromatic carbocycles. The Labute approximate surface area is 200 Å². The van der Waals surface area contributed by atoms with Crippen molar-refractivity contribution in [1.82, 2.24) is 0 Å². The van der Waals surface area contributed by atoms with Gasteiger partial charge in [0.05, 0.1) is 5.92 Å². The Kier molecular flexibility index (Phi) is 10.8. The number of allylic oxidation sites excluding steroid dienone is 9. The quantitative estimate of drug-likeness (QED) is 0.297. The van der Waals surface area contributed by atoms with Crippen molar-refractivity contribution in [1.29, 1.82) is 0 Å². The van der Waals surface area contributed by atoms with E-state index in [-0.39, 0.29) is 23.4 Å². The summed E-state index contributed by atoms with van der Waals surface area (Å²) in [4.78, 5) is 28.5. The molecule has 0 radical (unpaired) electrons. The molecule has 0 amide bonds. The Bertz CT molecular complexity index is 929. The van der Waals surface area contributed by atoms with Crippen molar-refractivity contribution < 1.29 is 9.59 Å². The molecular formula is C30H39NO2. The summed E-state index contributed by atoms with van der Waals surface area (Å²) in [6, 6.07) is 10.2. The molecule has 1 saturated carbocycles. The van der Waals surface area contributed by atoms with Crippen LogP contribution in [0.1, 0.15) is 53.9 Å². The highest BCUT2D eigenvalue weighted by Crippen LogP contribution is 2.35. The highest BCUT2D eigenvalue weighted by atomic mass is 16.1. The molecule has 3 heteroatoms. The summed E-state index contributed by atoms with van der Waals surface area (Å²) < 4.78 is 0. The monoisotopic (exact) mass is 445 g/mol. The van der Waals surface area contributed by atoms with Gasteiger partial charge in [-0.05, 0) is 57.9 Å². The number of anilines is 1. The molecule has 0 N–H and O–H groups in total. The van der Waals surface area contributed by atoms with Crippen molar-refractivity contribution in [2.75, 3.05) is 11.4 Å². The molecule has 2 aliphatic carbocycles. The van der Waals surface area contributed by atoms with Gasteiger partial charge >= 0.3 is 0 Å². The summed E-state index contributed by atoms with van der Waals surface area (Å²) in [6.07, 6.45) is 18.4. The highest BCUT2D eigenvalue weighted by Gasteiger charge is 2.37. The predicted molar refractivity (Wildman–Crippen MR) is 140 cm³/mol. The van der Waals surface area contributed by atoms with Crippen LogP contribution in [-0.2, 0) is 9.59 Å². The highest BCUT2D eigenvalue weighted by molar-refractivity contribution is 6.04. The number of hydrogen-bond donors (Lipinski definition) is 0. The molecule has 176 valence electrons. The first-order chi connectivity index (χ1) is 16.1. The Balaban J connectivity index is 0.00000187. The number of ketones is 2. The third kappa shape index (κ3) is 6.54. The molecule has 2 aliphatic rings. The Morgan fingerprint density at radius 3 is 2.09 bits per heavy atom. The number of nitrogens with zero attached hydrogens (tertiary/aromatic N) is 1. The molecule has 3 rings (SSSR count). The average molecular weight is 446 g/mol. The van der Waals surface area contributed by atoms with Crippen molar-refractivity contribution >= 4 is 17.3 Å². The second kappa shape index (κ2) is 13.6. The average Bonchev–Trinajstić information content (AvgIpc) is 2.84. The molecule has 0 aromatic heterocycles. The van der Waals surface area contributed by atoms with E-state index in [1.165, 1.54) is 0 Å². The Hall–Kier alpha value is -2.94. The molecular weight excluding hydrogens is 406 g/mol. The van der Waals surface area contributed by atoms with Crippen LogP contribution in [0, 0.1) is 17.8 Å². The number of carbonyl (C=O) groups excluding carboxylic acids is 2. The minimum atomic E-state index is -0.417. The lowest BCUT2D eigenvalue weighted by atomic mass is 9.71. The zero-order valence-electron chi connectivity index (χ0n) is 20.8. The summed E-state index contributed by atoms with van der Waals surface area (Å²) in [6.45, 7) is 10.8. The first-order valence-electron chi connectivity index (χ1n) is 12.4. The molecule has 0 heterocycles. The maximum absolute atomic E-state index is 13.4. The lowest BCUT2D eigenvalue weighted by molar-refractivity contribution is -0.132. The van der Waals surface area contributed by atoms with Crippen molar-refractivity contribution in [3.63, 3.8) is 0 Å². The fraction of sp³-hybridized carbons (Fsp3) is 0.400. The maximum Gasteiger partial charge on any atom is 0.170 e. The van der Waals surface area contributed by atoms with E-state index in [0.29, 0.717) is 5.57 Å². The van der Waals surface area contributed by atoms with Crippen LogP contribution in [0.2, 0.25) is 0 Å². The first kappa shape index (κ1) is 26.3. The van der Waals surface area contributed by atoms with Gasteiger partial charge in [-0.15, -0.1) is 0 Å². The van der Waals surface area contributed by atoms with E-state index in [9.17, 15) is 9.59 Å². The van der Waals surface area contributed by atoms with Crippen LogP contribution in [0.5, 0.6) is 0 Å². The molecule has 0 saturated heterocycles. The second-order valence-electron chi connectivity index (χ2n) is 8.09. The van der Waals surface area contributed by atoms with E-state index < -0.39 is 5.92 Å². The van der Waals surface area contributed by atoms with Crippen molar-refractivity contribution in [2.45, 2.75) is 53.9 Å². The molecule has 0 aliphatic heterocycles.